The van der Waals surface area contributed by atoms with Crippen molar-refractivity contribution in [1.82, 2.24) is 24.5 Å². The van der Waals surface area contributed by atoms with Gasteiger partial charge in [-0.1, -0.05) is 36.4 Å². The largest absolute Gasteiger partial charge is 0.334 e. The lowest BCUT2D eigenvalue weighted by molar-refractivity contribution is 0.167. The summed E-state index contributed by atoms with van der Waals surface area (Å²) in [6.07, 6.45) is 5.95. The zero-order valence-electron chi connectivity index (χ0n) is 16.3. The Hall–Kier alpha value is -2.86. The van der Waals surface area contributed by atoms with Crippen molar-refractivity contribution in [2.75, 3.05) is 20.1 Å². The summed E-state index contributed by atoms with van der Waals surface area (Å²) >= 11 is 0. The Labute approximate surface area is 165 Å². The standard InChI is InChI=1S/C22H27N5O/c1-25(17-20-14-23-21-11-5-6-13-27(20)21)22(28)24-19-10-7-12-26(16-19)15-18-8-3-2-4-9-18/h2-6,8-9,11,13-14,19H,7,10,12,15-17H2,1H3,(H,24,28). The van der Waals surface area contributed by atoms with Crippen LogP contribution in [0.5, 0.6) is 0 Å². The van der Waals surface area contributed by atoms with Crippen molar-refractivity contribution in [3.8, 4) is 0 Å². The van der Waals surface area contributed by atoms with Crippen molar-refractivity contribution in [3.05, 3.63) is 72.2 Å². The van der Waals surface area contributed by atoms with Gasteiger partial charge in [0.15, 0.2) is 0 Å². The van der Waals surface area contributed by atoms with E-state index in [1.807, 2.05) is 48.1 Å². The number of urea groups is 1. The maximum Gasteiger partial charge on any atom is 0.317 e. The van der Waals surface area contributed by atoms with Gasteiger partial charge in [0, 0.05) is 32.4 Å². The summed E-state index contributed by atoms with van der Waals surface area (Å²) in [5.41, 5.74) is 3.22. The van der Waals surface area contributed by atoms with Gasteiger partial charge in [-0.05, 0) is 37.1 Å². The Balaban J connectivity index is 1.32. The first-order valence-electron chi connectivity index (χ1n) is 9.88. The molecule has 1 fully saturated rings. The lowest BCUT2D eigenvalue weighted by Crippen LogP contribution is -2.50. The third-order valence-corrected chi connectivity index (χ3v) is 5.32. The van der Waals surface area contributed by atoms with E-state index in [9.17, 15) is 4.79 Å². The van der Waals surface area contributed by atoms with Gasteiger partial charge < -0.3 is 14.6 Å². The van der Waals surface area contributed by atoms with E-state index in [0.717, 1.165) is 43.8 Å². The predicted octanol–water partition coefficient (Wildman–Crippen LogP) is 3.14. The number of hydrogen-bond acceptors (Lipinski definition) is 3. The van der Waals surface area contributed by atoms with Crippen LogP contribution in [0.15, 0.2) is 60.9 Å². The number of hydrogen-bond donors (Lipinski definition) is 1. The highest BCUT2D eigenvalue weighted by Crippen LogP contribution is 2.14. The molecule has 0 spiro atoms. The number of amides is 2. The van der Waals surface area contributed by atoms with Crippen LogP contribution in [0.3, 0.4) is 0 Å². The highest BCUT2D eigenvalue weighted by Gasteiger charge is 2.23. The highest BCUT2D eigenvalue weighted by atomic mass is 16.2. The normalized spacial score (nSPS) is 17.5. The summed E-state index contributed by atoms with van der Waals surface area (Å²) in [5.74, 6) is 0. The molecule has 1 aromatic carbocycles. The van der Waals surface area contributed by atoms with E-state index in [1.54, 1.807) is 4.90 Å². The Morgan fingerprint density at radius 3 is 2.89 bits per heavy atom. The van der Waals surface area contributed by atoms with Crippen LogP contribution in [0.25, 0.3) is 5.65 Å². The van der Waals surface area contributed by atoms with Gasteiger partial charge >= 0.3 is 6.03 Å². The SMILES string of the molecule is CN(Cc1cnc2ccccn12)C(=O)NC1CCCN(Cc2ccccc2)C1. The third-order valence-electron chi connectivity index (χ3n) is 5.32. The van der Waals surface area contributed by atoms with Crippen LogP contribution in [-0.2, 0) is 13.1 Å². The second-order valence-corrected chi connectivity index (χ2v) is 7.54. The van der Waals surface area contributed by atoms with Crippen LogP contribution < -0.4 is 5.32 Å². The number of rotatable bonds is 5. The van der Waals surface area contributed by atoms with Gasteiger partial charge in [0.25, 0.3) is 0 Å². The maximum atomic E-state index is 12.7. The van der Waals surface area contributed by atoms with E-state index in [4.69, 9.17) is 0 Å². The zero-order valence-corrected chi connectivity index (χ0v) is 16.3. The number of carbonyl (C=O) groups excluding carboxylic acids is 1. The average molecular weight is 377 g/mol. The number of aromatic nitrogens is 2. The van der Waals surface area contributed by atoms with Gasteiger partial charge in [-0.2, -0.15) is 0 Å². The molecule has 28 heavy (non-hydrogen) atoms. The molecule has 1 aliphatic heterocycles. The number of imidazole rings is 1. The lowest BCUT2D eigenvalue weighted by Gasteiger charge is -2.34. The van der Waals surface area contributed by atoms with Gasteiger partial charge in [-0.3, -0.25) is 4.90 Å². The number of nitrogens with zero attached hydrogens (tertiary/aromatic N) is 4. The second kappa shape index (κ2) is 8.44. The molecule has 0 aliphatic carbocycles. The second-order valence-electron chi connectivity index (χ2n) is 7.54. The van der Waals surface area contributed by atoms with Crippen LogP contribution in [0, 0.1) is 0 Å². The number of carbonyl (C=O) groups is 1. The van der Waals surface area contributed by atoms with Crippen molar-refractivity contribution in [3.63, 3.8) is 0 Å². The zero-order chi connectivity index (χ0) is 19.3. The van der Waals surface area contributed by atoms with Crippen molar-refractivity contribution in [2.45, 2.75) is 32.0 Å². The molecule has 6 nitrogen and oxygen atoms in total. The summed E-state index contributed by atoms with van der Waals surface area (Å²) in [6.45, 7) is 3.44. The number of likely N-dealkylation sites (tertiary alicyclic amines) is 1. The maximum absolute atomic E-state index is 12.7. The quantitative estimate of drug-likeness (QED) is 0.743. The number of pyridine rings is 1. The molecular weight excluding hydrogens is 350 g/mol. The Morgan fingerprint density at radius 1 is 1.21 bits per heavy atom. The summed E-state index contributed by atoms with van der Waals surface area (Å²) in [7, 11) is 1.84. The van der Waals surface area contributed by atoms with E-state index in [0.29, 0.717) is 6.54 Å². The minimum atomic E-state index is -0.0301. The number of nitrogens with one attached hydrogen (secondary N) is 1. The predicted molar refractivity (Wildman–Crippen MR) is 110 cm³/mol. The van der Waals surface area contributed by atoms with Crippen molar-refractivity contribution in [2.24, 2.45) is 0 Å². The van der Waals surface area contributed by atoms with Gasteiger partial charge in [0.05, 0.1) is 18.4 Å². The van der Waals surface area contributed by atoms with E-state index in [2.05, 4.69) is 39.5 Å². The van der Waals surface area contributed by atoms with Crippen LogP contribution in [0.2, 0.25) is 0 Å². The number of benzene rings is 1. The Morgan fingerprint density at radius 2 is 2.04 bits per heavy atom. The van der Waals surface area contributed by atoms with Crippen LogP contribution >= 0.6 is 0 Å². The molecule has 1 unspecified atom stereocenters. The molecule has 1 atom stereocenters. The molecule has 3 aromatic rings. The monoisotopic (exact) mass is 377 g/mol. The molecule has 1 saturated heterocycles. The smallest absolute Gasteiger partial charge is 0.317 e. The average Bonchev–Trinajstić information content (AvgIpc) is 3.12. The summed E-state index contributed by atoms with van der Waals surface area (Å²) < 4.78 is 2.02. The molecule has 4 rings (SSSR count). The molecule has 0 bridgehead atoms. The van der Waals surface area contributed by atoms with Crippen molar-refractivity contribution >= 4 is 11.7 Å². The first-order valence-corrected chi connectivity index (χ1v) is 9.88. The van der Waals surface area contributed by atoms with Crippen molar-refractivity contribution < 1.29 is 4.79 Å². The van der Waals surface area contributed by atoms with E-state index in [-0.39, 0.29) is 12.1 Å². The van der Waals surface area contributed by atoms with E-state index >= 15 is 0 Å². The molecule has 1 N–H and O–H groups in total. The molecule has 2 aromatic heterocycles. The summed E-state index contributed by atoms with van der Waals surface area (Å²) in [4.78, 5) is 21.3. The molecular formula is C22H27N5O. The summed E-state index contributed by atoms with van der Waals surface area (Å²) in [6, 6.07) is 16.6. The fourth-order valence-corrected chi connectivity index (χ4v) is 3.86. The fraction of sp³-hybridized carbons (Fsp3) is 0.364. The first-order chi connectivity index (χ1) is 13.7. The molecule has 146 valence electrons. The fourth-order valence-electron chi connectivity index (χ4n) is 3.86. The minimum absolute atomic E-state index is 0.0301. The molecule has 0 saturated carbocycles. The van der Waals surface area contributed by atoms with E-state index < -0.39 is 0 Å². The first kappa shape index (κ1) is 18.5. The van der Waals surface area contributed by atoms with E-state index in [1.165, 1.54) is 5.56 Å². The van der Waals surface area contributed by atoms with Crippen LogP contribution in [-0.4, -0.2) is 51.4 Å². The molecule has 2 amide bonds. The molecule has 6 heteroatoms. The number of fused-ring (bicyclic) bond motifs is 1. The summed E-state index contributed by atoms with van der Waals surface area (Å²) in [5, 5.41) is 3.21. The van der Waals surface area contributed by atoms with Crippen LogP contribution in [0.4, 0.5) is 4.79 Å². The minimum Gasteiger partial charge on any atom is -0.334 e. The van der Waals surface area contributed by atoms with Gasteiger partial charge in [0.1, 0.15) is 5.65 Å². The highest BCUT2D eigenvalue weighted by molar-refractivity contribution is 5.74. The van der Waals surface area contributed by atoms with Gasteiger partial charge in [0.2, 0.25) is 0 Å². The molecule has 0 radical (unpaired) electrons. The molecule has 3 heterocycles. The van der Waals surface area contributed by atoms with Crippen molar-refractivity contribution in [1.29, 1.82) is 0 Å². The third kappa shape index (κ3) is 4.34. The Bertz CT molecular complexity index is 923. The number of piperidine rings is 1. The lowest BCUT2D eigenvalue weighted by atomic mass is 10.0. The topological polar surface area (TPSA) is 52.9 Å². The van der Waals surface area contributed by atoms with Gasteiger partial charge in [-0.15, -0.1) is 0 Å². The molecule has 1 aliphatic rings. The Kier molecular flexibility index (Phi) is 5.58. The van der Waals surface area contributed by atoms with Gasteiger partial charge in [-0.25, -0.2) is 9.78 Å². The van der Waals surface area contributed by atoms with Crippen LogP contribution in [0.1, 0.15) is 24.1 Å².